The summed E-state index contributed by atoms with van der Waals surface area (Å²) in [6.45, 7) is 16.7. The molecule has 0 saturated heterocycles. The topological polar surface area (TPSA) is 0 Å². The summed E-state index contributed by atoms with van der Waals surface area (Å²) in [5, 5.41) is 0. The number of benzene rings is 1. The first-order valence-corrected chi connectivity index (χ1v) is 29.2. The average Bonchev–Trinajstić information content (AvgIpc) is 1.59. The van der Waals surface area contributed by atoms with Crippen LogP contribution in [0.3, 0.4) is 0 Å². The number of rotatable bonds is 6. The van der Waals surface area contributed by atoms with E-state index in [-0.39, 0.29) is 12.8 Å². The van der Waals surface area contributed by atoms with Gasteiger partial charge >= 0.3 is 0 Å². The Morgan fingerprint density at radius 2 is 0.761 bits per heavy atom. The van der Waals surface area contributed by atoms with Crippen molar-refractivity contribution >= 4 is 0 Å². The summed E-state index contributed by atoms with van der Waals surface area (Å²) in [7, 11) is 0. The predicted octanol–water partition coefficient (Wildman–Crippen LogP) is 24.2. The molecule has 0 heteroatoms. The van der Waals surface area contributed by atoms with Crippen LogP contribution in [0.2, 0.25) is 0 Å². The summed E-state index contributed by atoms with van der Waals surface area (Å²) in [6, 6.07) is 10.3. The summed E-state index contributed by atoms with van der Waals surface area (Å²) < 4.78 is 271. The van der Waals surface area contributed by atoms with E-state index in [1.54, 1.807) is 57.8 Å². The number of fused-ring (bicyclic) bond motifs is 2. The number of hydrogen-bond acceptors (Lipinski definition) is 0. The van der Waals surface area contributed by atoms with Crippen LogP contribution in [0, 0.1) is 89.8 Å². The Morgan fingerprint density at radius 1 is 0.366 bits per heavy atom. The van der Waals surface area contributed by atoms with Crippen LogP contribution in [0.4, 0.5) is 0 Å². The van der Waals surface area contributed by atoms with Gasteiger partial charge in [-0.1, -0.05) is 309 Å². The van der Waals surface area contributed by atoms with Gasteiger partial charge < -0.3 is 0 Å². The molecule has 71 heavy (non-hydrogen) atoms. The average molecular weight is 1020 g/mol. The van der Waals surface area contributed by atoms with E-state index >= 15 is 0 Å². The fourth-order valence-corrected chi connectivity index (χ4v) is 12.8. The third-order valence-corrected chi connectivity index (χ3v) is 16.9. The maximum absolute atomic E-state index is 7.72. The molecule has 1 aromatic carbocycles. The van der Waals surface area contributed by atoms with Gasteiger partial charge in [-0.25, -0.2) is 0 Å². The Morgan fingerprint density at radius 3 is 1.07 bits per heavy atom. The normalized spacial score (nSPS) is 51.4. The number of aryl methyl sites for hydroxylation is 1. The van der Waals surface area contributed by atoms with Gasteiger partial charge in [-0.15, -0.1) is 0 Å². The molecule has 0 nitrogen and oxygen atoms in total. The van der Waals surface area contributed by atoms with Gasteiger partial charge in [-0.2, -0.15) is 0 Å². The molecular weight excluding hydrogens is 853 g/mol. The van der Waals surface area contributed by atoms with Crippen LogP contribution in [0.1, 0.15) is 379 Å². The molecular formula is C71H130. The minimum atomic E-state index is -3.27. The lowest BCUT2D eigenvalue weighted by molar-refractivity contribution is -0.0376. The van der Waals surface area contributed by atoms with Crippen molar-refractivity contribution in [3.8, 4) is 0 Å². The second-order valence-electron chi connectivity index (χ2n) is 22.2. The van der Waals surface area contributed by atoms with Gasteiger partial charge in [-0.05, 0) is 141 Å². The minimum absolute atomic E-state index is 0.0685. The minimum Gasteiger partial charge on any atom is -0.0651 e. The fraction of sp³-hybridized carbons (Fsp3) is 0.915. The van der Waals surface area contributed by atoms with Gasteiger partial charge in [0, 0.05) is 49.3 Å². The van der Waals surface area contributed by atoms with Crippen LogP contribution in [-0.2, 0) is 0 Å². The van der Waals surface area contributed by atoms with E-state index in [1.807, 2.05) is 18.2 Å². The Bertz CT molecular complexity index is 2770. The summed E-state index contributed by atoms with van der Waals surface area (Å²) in [4.78, 5) is 0. The standard InChI is InChI=1S/C12H20.C9H16.2C8H16.C7H14.C7H8.2C7H14.C6H12/c1-2-12-10-4-8-3-9(6-10)7-11(12)5-8;1-2-8-5-7-3-4-9(8)6-7;2*1-2-8-6-4-3-5-7-8;2*1-7-5-3-2-4-6-7;2*1-2-7-5-3-4-6-7;1-6-4-2-3-5-6/h8-12H,2-7H2,1H3;7-9H,2-6H2,1H3;2*8H,2-7H2,1H3;7H,2-6H2,1H3;2-6H,1H3;2*7H,2-6H2,1H3;6H,2-5H2,1H3/i;;3D2,4D2,5D2,6D2,7D2;;2D2,3D2,4D2,5D2,6D2;;3D2,4D2,5D2,6D2;;2D2,3D2,4D2,5D2. The molecule has 12 saturated carbocycles. The largest absolute Gasteiger partial charge is 0.0651 e. The highest BCUT2D eigenvalue weighted by Gasteiger charge is 2.47. The molecule has 0 amide bonds. The Labute approximate surface area is 499 Å². The van der Waals surface area contributed by atoms with Crippen molar-refractivity contribution in [2.75, 3.05) is 0 Å². The smallest absolute Gasteiger partial charge is 0.0269 e. The molecule has 3 atom stereocenters. The van der Waals surface area contributed by atoms with Crippen molar-refractivity contribution in [2.45, 2.75) is 331 Å². The Kier molecular flexibility index (Phi) is 15.4. The van der Waals surface area contributed by atoms with Crippen molar-refractivity contribution in [2.24, 2.45) is 82.9 Å². The van der Waals surface area contributed by atoms with Gasteiger partial charge in [0.1, 0.15) is 0 Å². The van der Waals surface area contributed by atoms with Gasteiger partial charge in [0.15, 0.2) is 0 Å². The molecule has 414 valence electrons. The van der Waals surface area contributed by atoms with Crippen molar-refractivity contribution in [3.05, 3.63) is 35.9 Å². The molecule has 0 N–H and O–H groups in total. The van der Waals surface area contributed by atoms with Gasteiger partial charge in [0.2, 0.25) is 0 Å². The van der Waals surface area contributed by atoms with E-state index < -0.39 is 138 Å². The summed E-state index contributed by atoms with van der Waals surface area (Å²) >= 11 is 0. The van der Waals surface area contributed by atoms with E-state index in [0.717, 1.165) is 66.1 Å². The van der Waals surface area contributed by atoms with Crippen LogP contribution in [0.15, 0.2) is 30.3 Å². The zero-order chi connectivity index (χ0) is 83.2. The van der Waals surface area contributed by atoms with Crippen LogP contribution in [-0.4, -0.2) is 0 Å². The molecule has 3 unspecified atom stereocenters. The number of hydrogen-bond donors (Lipinski definition) is 0. The van der Waals surface area contributed by atoms with Crippen molar-refractivity contribution in [1.82, 2.24) is 0 Å². The Balaban J connectivity index is 0.000000258. The van der Waals surface area contributed by atoms with E-state index in [0.29, 0.717) is 0 Å². The highest BCUT2D eigenvalue weighted by atomic mass is 14.5. The van der Waals surface area contributed by atoms with E-state index in [4.69, 9.17) is 49.3 Å². The Hall–Kier alpha value is -0.780. The second-order valence-corrected chi connectivity index (χ2v) is 22.2. The van der Waals surface area contributed by atoms with E-state index in [2.05, 4.69) is 46.8 Å². The monoisotopic (exact) mass is 1020 g/mol. The molecule has 12 aliphatic rings. The van der Waals surface area contributed by atoms with E-state index in [1.165, 1.54) is 110 Å². The van der Waals surface area contributed by atoms with Crippen LogP contribution < -0.4 is 0 Å². The molecule has 12 fully saturated rings. The summed E-state index contributed by atoms with van der Waals surface area (Å²) in [5.41, 5.74) is 1.32. The first-order chi connectivity index (χ1) is 48.2. The first kappa shape index (κ1) is 28.2. The lowest BCUT2D eigenvalue weighted by Gasteiger charge is -2.54. The first-order valence-electron chi connectivity index (χ1n) is 47.2. The summed E-state index contributed by atoms with van der Waals surface area (Å²) in [5.74, 6) is 5.64. The highest BCUT2D eigenvalue weighted by Crippen LogP contribution is 2.57. The predicted molar refractivity (Wildman–Crippen MR) is 319 cm³/mol. The highest BCUT2D eigenvalue weighted by molar-refractivity contribution is 5.11. The second kappa shape index (κ2) is 38.7. The quantitative estimate of drug-likeness (QED) is 0.266. The molecule has 0 heterocycles. The molecule has 0 aliphatic heterocycles. The molecule has 0 spiro atoms. The maximum atomic E-state index is 7.72. The molecule has 0 aromatic heterocycles. The molecule has 0 radical (unpaired) electrons. The molecule has 1 aromatic rings. The lowest BCUT2D eigenvalue weighted by Crippen LogP contribution is -2.44. The van der Waals surface area contributed by atoms with Crippen LogP contribution >= 0.6 is 0 Å². The van der Waals surface area contributed by atoms with Gasteiger partial charge in [0.05, 0.1) is 0 Å². The van der Waals surface area contributed by atoms with Crippen LogP contribution in [0.25, 0.3) is 0 Å². The SMILES string of the molecule is CCC1C2CC3CC(C2)CC1C3.CCC1CC2CCC1C2.CCC1CCCC1.CCC1CCCCC1.Cc1ccccc1.[2H]C1([2H])C(C)C([2H])([2H])C([2H])([2H])C([2H])([2H])C1([2H])[2H].[2H]C1([2H])C(C)C([2H])([2H])C([2H])([2H])C1([2H])[2H].[2H]C1([2H])C(CC)C([2H])([2H])C([2H])([2H])C([2H])([2H])C1([2H])[2H].[2H]C1([2H])C(CC)C([2H])([2H])C([2H])([2H])C1([2H])[2H]. The van der Waals surface area contributed by atoms with Crippen molar-refractivity contribution < 1.29 is 49.3 Å². The molecule has 12 aliphatic carbocycles. The van der Waals surface area contributed by atoms with E-state index in [9.17, 15) is 0 Å². The van der Waals surface area contributed by atoms with Crippen molar-refractivity contribution in [3.63, 3.8) is 0 Å². The molecule has 6 bridgehead atoms. The molecule has 13 rings (SSSR count). The third kappa shape index (κ3) is 26.2. The third-order valence-electron chi connectivity index (χ3n) is 16.9. The van der Waals surface area contributed by atoms with Gasteiger partial charge in [-0.3, -0.25) is 0 Å². The fourth-order valence-electron chi connectivity index (χ4n) is 12.8. The zero-order valence-electron chi connectivity index (χ0n) is 82.4. The maximum Gasteiger partial charge on any atom is 0.0269 e. The lowest BCUT2D eigenvalue weighted by atomic mass is 9.51. The van der Waals surface area contributed by atoms with Crippen molar-refractivity contribution in [1.29, 1.82) is 0 Å². The van der Waals surface area contributed by atoms with Crippen LogP contribution in [0.5, 0.6) is 0 Å². The zero-order valence-corrected chi connectivity index (χ0v) is 46.4. The van der Waals surface area contributed by atoms with Gasteiger partial charge in [0.25, 0.3) is 0 Å². The summed E-state index contributed by atoms with van der Waals surface area (Å²) in [6.07, 6.45) is -17.9.